The third kappa shape index (κ3) is 4.73. The number of nitrogens with zero attached hydrogens (tertiary/aromatic N) is 1. The number of carbonyl (C=O) groups is 1. The van der Waals surface area contributed by atoms with Crippen molar-refractivity contribution >= 4 is 5.91 Å². The average molecular weight is 334 g/mol. The zero-order chi connectivity index (χ0) is 17.5. The second kappa shape index (κ2) is 8.20. The van der Waals surface area contributed by atoms with Crippen molar-refractivity contribution in [3.8, 4) is 0 Å². The molecule has 0 fully saturated rings. The van der Waals surface area contributed by atoms with Crippen LogP contribution in [0.5, 0.6) is 0 Å². The minimum absolute atomic E-state index is 0.0962. The Balaban J connectivity index is 1.77. The largest absolute Gasteiger partial charge is 0.351 e. The van der Waals surface area contributed by atoms with E-state index in [-0.39, 0.29) is 11.7 Å². The lowest BCUT2D eigenvalue weighted by molar-refractivity contribution is -0.122. The second-order valence-corrected chi connectivity index (χ2v) is 5.83. The molecular formula is C21H19FN2O. The minimum atomic E-state index is -0.417. The molecule has 2 aromatic carbocycles. The fourth-order valence-corrected chi connectivity index (χ4v) is 2.69. The van der Waals surface area contributed by atoms with Gasteiger partial charge in [-0.3, -0.25) is 9.78 Å². The Morgan fingerprint density at radius 2 is 1.68 bits per heavy atom. The van der Waals surface area contributed by atoms with Gasteiger partial charge in [0.2, 0.25) is 5.91 Å². The Labute approximate surface area is 146 Å². The highest BCUT2D eigenvalue weighted by atomic mass is 19.1. The lowest BCUT2D eigenvalue weighted by Gasteiger charge is -2.17. The summed E-state index contributed by atoms with van der Waals surface area (Å²) in [6.45, 7) is 0.458. The molecule has 0 aliphatic rings. The van der Waals surface area contributed by atoms with Gasteiger partial charge in [0.15, 0.2) is 0 Å². The molecule has 0 aliphatic carbocycles. The van der Waals surface area contributed by atoms with Crippen LogP contribution in [-0.2, 0) is 17.8 Å². The average Bonchev–Trinajstić information content (AvgIpc) is 2.67. The molecule has 0 bridgehead atoms. The number of hydrogen-bond donors (Lipinski definition) is 1. The molecule has 0 saturated heterocycles. The summed E-state index contributed by atoms with van der Waals surface area (Å²) < 4.78 is 13.2. The van der Waals surface area contributed by atoms with Gasteiger partial charge in [0.1, 0.15) is 5.82 Å². The van der Waals surface area contributed by atoms with E-state index in [1.165, 1.54) is 12.1 Å². The van der Waals surface area contributed by atoms with Gasteiger partial charge in [-0.1, -0.05) is 48.5 Å². The normalized spacial score (nSPS) is 11.7. The molecule has 1 unspecified atom stereocenters. The highest BCUT2D eigenvalue weighted by molar-refractivity contribution is 5.83. The van der Waals surface area contributed by atoms with Crippen molar-refractivity contribution < 1.29 is 9.18 Å². The van der Waals surface area contributed by atoms with Crippen molar-refractivity contribution in [2.75, 3.05) is 0 Å². The molecule has 25 heavy (non-hydrogen) atoms. The van der Waals surface area contributed by atoms with Gasteiger partial charge < -0.3 is 5.32 Å². The molecule has 3 aromatic rings. The molecule has 0 spiro atoms. The van der Waals surface area contributed by atoms with Gasteiger partial charge in [0.25, 0.3) is 0 Å². The molecule has 1 atom stereocenters. The van der Waals surface area contributed by atoms with Crippen LogP contribution >= 0.6 is 0 Å². The van der Waals surface area contributed by atoms with E-state index >= 15 is 0 Å². The van der Waals surface area contributed by atoms with Crippen molar-refractivity contribution in [1.29, 1.82) is 0 Å². The predicted octanol–water partition coefficient (Wildman–Crippen LogP) is 3.86. The highest BCUT2D eigenvalue weighted by Gasteiger charge is 2.21. The summed E-state index contributed by atoms with van der Waals surface area (Å²) in [5, 5.41) is 2.97. The molecule has 1 amide bonds. The Morgan fingerprint density at radius 3 is 2.36 bits per heavy atom. The zero-order valence-corrected chi connectivity index (χ0v) is 13.7. The Kier molecular flexibility index (Phi) is 5.52. The quantitative estimate of drug-likeness (QED) is 0.744. The van der Waals surface area contributed by atoms with E-state index in [2.05, 4.69) is 10.3 Å². The summed E-state index contributed by atoms with van der Waals surface area (Å²) in [7, 11) is 0. The number of hydrogen-bond acceptors (Lipinski definition) is 2. The SMILES string of the molecule is O=C(NCc1ccccc1)C(Cc1ccccn1)c1ccc(F)cc1. The maximum atomic E-state index is 13.2. The first kappa shape index (κ1) is 16.8. The standard InChI is InChI=1S/C21H19FN2O/c22-18-11-9-17(10-12-18)20(14-19-8-4-5-13-23-19)21(25)24-15-16-6-2-1-3-7-16/h1-13,20H,14-15H2,(H,24,25). The second-order valence-electron chi connectivity index (χ2n) is 5.83. The predicted molar refractivity (Wildman–Crippen MR) is 95.4 cm³/mol. The van der Waals surface area contributed by atoms with Crippen molar-refractivity contribution in [2.24, 2.45) is 0 Å². The molecule has 126 valence electrons. The minimum Gasteiger partial charge on any atom is -0.351 e. The van der Waals surface area contributed by atoms with Gasteiger partial charge in [-0.2, -0.15) is 0 Å². The Bertz CT molecular complexity index is 804. The highest BCUT2D eigenvalue weighted by Crippen LogP contribution is 2.21. The van der Waals surface area contributed by atoms with Crippen LogP contribution in [0.25, 0.3) is 0 Å². The number of benzene rings is 2. The maximum Gasteiger partial charge on any atom is 0.228 e. The van der Waals surface area contributed by atoms with Gasteiger partial charge >= 0.3 is 0 Å². The van der Waals surface area contributed by atoms with Gasteiger partial charge in [0, 0.05) is 24.9 Å². The van der Waals surface area contributed by atoms with E-state index in [4.69, 9.17) is 0 Å². The van der Waals surface area contributed by atoms with E-state index in [1.54, 1.807) is 18.3 Å². The fourth-order valence-electron chi connectivity index (χ4n) is 2.69. The summed E-state index contributed by atoms with van der Waals surface area (Å²) in [6, 6.07) is 21.4. The van der Waals surface area contributed by atoms with Gasteiger partial charge in [-0.05, 0) is 35.4 Å². The van der Waals surface area contributed by atoms with Crippen molar-refractivity contribution in [3.63, 3.8) is 0 Å². The molecule has 4 heteroatoms. The molecule has 0 saturated carbocycles. The third-order valence-electron chi connectivity index (χ3n) is 4.04. The third-order valence-corrected chi connectivity index (χ3v) is 4.04. The van der Waals surface area contributed by atoms with Crippen LogP contribution in [0.1, 0.15) is 22.7 Å². The lowest BCUT2D eigenvalue weighted by atomic mass is 9.93. The zero-order valence-electron chi connectivity index (χ0n) is 13.7. The molecule has 0 aliphatic heterocycles. The first-order valence-electron chi connectivity index (χ1n) is 8.19. The molecular weight excluding hydrogens is 315 g/mol. The molecule has 0 radical (unpaired) electrons. The number of pyridine rings is 1. The van der Waals surface area contributed by atoms with E-state index in [0.29, 0.717) is 13.0 Å². The fraction of sp³-hybridized carbons (Fsp3) is 0.143. The number of halogens is 1. The van der Waals surface area contributed by atoms with E-state index in [1.807, 2.05) is 48.5 Å². The first-order chi connectivity index (χ1) is 12.2. The van der Waals surface area contributed by atoms with Crippen molar-refractivity contribution in [1.82, 2.24) is 10.3 Å². The summed E-state index contributed by atoms with van der Waals surface area (Å²) in [6.07, 6.45) is 2.17. The first-order valence-corrected chi connectivity index (χ1v) is 8.19. The van der Waals surface area contributed by atoms with Crippen molar-refractivity contribution in [2.45, 2.75) is 18.9 Å². The van der Waals surface area contributed by atoms with Crippen LogP contribution in [-0.4, -0.2) is 10.9 Å². The Hall–Kier alpha value is -3.01. The van der Waals surface area contributed by atoms with Crippen LogP contribution in [0.3, 0.4) is 0 Å². The summed E-state index contributed by atoms with van der Waals surface area (Å²) in [5.41, 5.74) is 2.64. The molecule has 3 nitrogen and oxygen atoms in total. The Morgan fingerprint density at radius 1 is 0.960 bits per heavy atom. The molecule has 3 rings (SSSR count). The van der Waals surface area contributed by atoms with Crippen LogP contribution < -0.4 is 5.32 Å². The van der Waals surface area contributed by atoms with Crippen LogP contribution in [0.15, 0.2) is 79.0 Å². The van der Waals surface area contributed by atoms with Gasteiger partial charge in [0.05, 0.1) is 5.92 Å². The molecule has 1 aromatic heterocycles. The van der Waals surface area contributed by atoms with Crippen LogP contribution in [0, 0.1) is 5.82 Å². The number of nitrogens with one attached hydrogen (secondary N) is 1. The maximum absolute atomic E-state index is 13.2. The van der Waals surface area contributed by atoms with Gasteiger partial charge in [-0.25, -0.2) is 4.39 Å². The van der Waals surface area contributed by atoms with Gasteiger partial charge in [-0.15, -0.1) is 0 Å². The monoisotopic (exact) mass is 334 g/mol. The number of rotatable bonds is 6. The van der Waals surface area contributed by atoms with Crippen molar-refractivity contribution in [3.05, 3.63) is 102 Å². The number of amides is 1. The van der Waals surface area contributed by atoms with Crippen LogP contribution in [0.4, 0.5) is 4.39 Å². The van der Waals surface area contributed by atoms with E-state index in [0.717, 1.165) is 16.8 Å². The smallest absolute Gasteiger partial charge is 0.228 e. The molecule has 1 N–H and O–H groups in total. The van der Waals surface area contributed by atoms with E-state index < -0.39 is 5.92 Å². The lowest BCUT2D eigenvalue weighted by Crippen LogP contribution is -2.30. The number of carbonyl (C=O) groups excluding carboxylic acids is 1. The molecule has 1 heterocycles. The van der Waals surface area contributed by atoms with E-state index in [9.17, 15) is 9.18 Å². The summed E-state index contributed by atoms with van der Waals surface area (Å²) >= 11 is 0. The van der Waals surface area contributed by atoms with Crippen LogP contribution in [0.2, 0.25) is 0 Å². The number of aromatic nitrogens is 1. The summed E-state index contributed by atoms with van der Waals surface area (Å²) in [4.78, 5) is 17.1. The topological polar surface area (TPSA) is 42.0 Å². The summed E-state index contributed by atoms with van der Waals surface area (Å²) in [5.74, 6) is -0.828.